The minimum atomic E-state index is -0.317. The standard InChI is InChI=1S/C15H21N3O/c1-17(15(16)19)12-7-9-18-8-6-11-4-2-3-5-13(11)14(18)10-12/h2-5,12,14H,6-10H2,1H3,(H2,16,19)/t12-,14+/m1/s1. The van der Waals surface area contributed by atoms with Gasteiger partial charge in [0.2, 0.25) is 0 Å². The van der Waals surface area contributed by atoms with Crippen LogP contribution < -0.4 is 5.73 Å². The number of benzene rings is 1. The van der Waals surface area contributed by atoms with Crippen LogP contribution in [0.3, 0.4) is 0 Å². The van der Waals surface area contributed by atoms with Gasteiger partial charge in [-0.3, -0.25) is 4.90 Å². The van der Waals surface area contributed by atoms with Gasteiger partial charge in [0.25, 0.3) is 0 Å². The van der Waals surface area contributed by atoms with Crippen LogP contribution in [0, 0.1) is 0 Å². The lowest BCUT2D eigenvalue weighted by Crippen LogP contribution is -2.50. The number of primary amides is 1. The lowest BCUT2D eigenvalue weighted by Gasteiger charge is -2.45. The molecule has 0 saturated carbocycles. The molecule has 0 unspecified atom stereocenters. The average Bonchev–Trinajstić information content (AvgIpc) is 2.45. The summed E-state index contributed by atoms with van der Waals surface area (Å²) in [7, 11) is 1.82. The maximum absolute atomic E-state index is 11.3. The van der Waals surface area contributed by atoms with E-state index in [9.17, 15) is 4.79 Å². The molecule has 2 aliphatic rings. The summed E-state index contributed by atoms with van der Waals surface area (Å²) in [5.74, 6) is 0. The Hall–Kier alpha value is -1.55. The molecule has 2 atom stereocenters. The Labute approximate surface area is 114 Å². The lowest BCUT2D eigenvalue weighted by molar-refractivity contribution is 0.0833. The number of carbonyl (C=O) groups excluding carboxylic acids is 1. The van der Waals surface area contributed by atoms with E-state index in [0.717, 1.165) is 32.4 Å². The summed E-state index contributed by atoms with van der Waals surface area (Å²) in [6, 6.07) is 9.10. The molecule has 4 heteroatoms. The molecule has 0 radical (unpaired) electrons. The van der Waals surface area contributed by atoms with Crippen LogP contribution in [0.2, 0.25) is 0 Å². The molecule has 1 aromatic rings. The van der Waals surface area contributed by atoms with Crippen LogP contribution in [0.15, 0.2) is 24.3 Å². The number of nitrogens with two attached hydrogens (primary N) is 1. The fourth-order valence-electron chi connectivity index (χ4n) is 3.47. The Balaban J connectivity index is 1.84. The Morgan fingerprint density at radius 2 is 2.16 bits per heavy atom. The van der Waals surface area contributed by atoms with Gasteiger partial charge in [0.15, 0.2) is 0 Å². The van der Waals surface area contributed by atoms with Crippen molar-refractivity contribution >= 4 is 6.03 Å². The van der Waals surface area contributed by atoms with E-state index < -0.39 is 0 Å². The molecule has 3 rings (SSSR count). The van der Waals surface area contributed by atoms with Gasteiger partial charge in [0.1, 0.15) is 0 Å². The van der Waals surface area contributed by atoms with E-state index in [1.54, 1.807) is 4.90 Å². The van der Waals surface area contributed by atoms with Crippen molar-refractivity contribution in [1.29, 1.82) is 0 Å². The number of hydrogen-bond donors (Lipinski definition) is 1. The average molecular weight is 259 g/mol. The van der Waals surface area contributed by atoms with Gasteiger partial charge in [-0.15, -0.1) is 0 Å². The van der Waals surface area contributed by atoms with Gasteiger partial charge in [-0.1, -0.05) is 24.3 Å². The first-order chi connectivity index (χ1) is 9.16. The molecule has 102 valence electrons. The van der Waals surface area contributed by atoms with E-state index >= 15 is 0 Å². The Morgan fingerprint density at radius 1 is 1.37 bits per heavy atom. The molecule has 0 bridgehead atoms. The number of urea groups is 1. The smallest absolute Gasteiger partial charge is 0.314 e. The van der Waals surface area contributed by atoms with E-state index in [1.807, 2.05) is 7.05 Å². The third-order valence-corrected chi connectivity index (χ3v) is 4.66. The first kappa shape index (κ1) is 12.5. The molecule has 2 aliphatic heterocycles. The number of amides is 2. The Morgan fingerprint density at radius 3 is 2.95 bits per heavy atom. The molecule has 0 aliphatic carbocycles. The minimum Gasteiger partial charge on any atom is -0.351 e. The first-order valence-electron chi connectivity index (χ1n) is 7.01. The zero-order chi connectivity index (χ0) is 13.4. The number of hydrogen-bond acceptors (Lipinski definition) is 2. The third kappa shape index (κ3) is 2.21. The molecule has 2 amide bonds. The molecule has 19 heavy (non-hydrogen) atoms. The van der Waals surface area contributed by atoms with Crippen molar-refractivity contribution < 1.29 is 4.79 Å². The van der Waals surface area contributed by atoms with E-state index in [-0.39, 0.29) is 12.1 Å². The van der Waals surface area contributed by atoms with Crippen molar-refractivity contribution in [2.75, 3.05) is 20.1 Å². The third-order valence-electron chi connectivity index (χ3n) is 4.66. The van der Waals surface area contributed by atoms with Gasteiger partial charge in [-0.05, 0) is 30.4 Å². The topological polar surface area (TPSA) is 49.6 Å². The zero-order valence-corrected chi connectivity index (χ0v) is 11.4. The quantitative estimate of drug-likeness (QED) is 0.835. The predicted molar refractivity (Wildman–Crippen MR) is 74.8 cm³/mol. The number of carbonyl (C=O) groups is 1. The summed E-state index contributed by atoms with van der Waals surface area (Å²) in [5, 5.41) is 0. The molecule has 4 nitrogen and oxygen atoms in total. The van der Waals surface area contributed by atoms with Crippen LogP contribution >= 0.6 is 0 Å². The molecule has 2 heterocycles. The monoisotopic (exact) mass is 259 g/mol. The zero-order valence-electron chi connectivity index (χ0n) is 11.4. The fraction of sp³-hybridized carbons (Fsp3) is 0.533. The van der Waals surface area contributed by atoms with Gasteiger partial charge in [-0.25, -0.2) is 4.79 Å². The predicted octanol–water partition coefficient (Wildman–Crippen LogP) is 1.76. The Bertz CT molecular complexity index is 488. The molecule has 2 N–H and O–H groups in total. The molecule has 1 saturated heterocycles. The molecule has 0 spiro atoms. The number of rotatable bonds is 1. The summed E-state index contributed by atoms with van der Waals surface area (Å²) in [4.78, 5) is 15.6. The van der Waals surface area contributed by atoms with E-state index in [4.69, 9.17) is 5.73 Å². The van der Waals surface area contributed by atoms with Crippen molar-refractivity contribution in [2.45, 2.75) is 31.3 Å². The second kappa shape index (κ2) is 4.85. The van der Waals surface area contributed by atoms with Crippen LogP contribution in [-0.4, -0.2) is 42.0 Å². The molecular weight excluding hydrogens is 238 g/mol. The highest BCUT2D eigenvalue weighted by Gasteiger charge is 2.35. The number of fused-ring (bicyclic) bond motifs is 3. The summed E-state index contributed by atoms with van der Waals surface area (Å²) in [5.41, 5.74) is 8.31. The van der Waals surface area contributed by atoms with Crippen molar-refractivity contribution in [2.24, 2.45) is 5.73 Å². The van der Waals surface area contributed by atoms with Crippen LogP contribution in [-0.2, 0) is 6.42 Å². The summed E-state index contributed by atoms with van der Waals surface area (Å²) in [6.07, 6.45) is 3.16. The van der Waals surface area contributed by atoms with Crippen molar-refractivity contribution in [3.05, 3.63) is 35.4 Å². The van der Waals surface area contributed by atoms with E-state index in [1.165, 1.54) is 11.1 Å². The van der Waals surface area contributed by atoms with E-state index in [0.29, 0.717) is 6.04 Å². The number of piperidine rings is 1. The minimum absolute atomic E-state index is 0.268. The van der Waals surface area contributed by atoms with Gasteiger partial charge in [-0.2, -0.15) is 0 Å². The molecule has 1 aromatic carbocycles. The van der Waals surface area contributed by atoms with Crippen LogP contribution in [0.4, 0.5) is 4.79 Å². The van der Waals surface area contributed by atoms with Gasteiger partial charge >= 0.3 is 6.03 Å². The van der Waals surface area contributed by atoms with Crippen LogP contribution in [0.5, 0.6) is 0 Å². The van der Waals surface area contributed by atoms with Crippen molar-refractivity contribution in [3.63, 3.8) is 0 Å². The highest BCUT2D eigenvalue weighted by molar-refractivity contribution is 5.72. The number of nitrogens with zero attached hydrogens (tertiary/aromatic N) is 2. The van der Waals surface area contributed by atoms with Gasteiger partial charge < -0.3 is 10.6 Å². The molecular formula is C15H21N3O. The fourth-order valence-corrected chi connectivity index (χ4v) is 3.47. The second-order valence-electron chi connectivity index (χ2n) is 5.63. The maximum Gasteiger partial charge on any atom is 0.314 e. The SMILES string of the molecule is CN(C(N)=O)[C@@H]1CCN2CCc3ccccc3[C@@H]2C1. The summed E-state index contributed by atoms with van der Waals surface area (Å²) in [6.45, 7) is 2.19. The lowest BCUT2D eigenvalue weighted by atomic mass is 9.85. The highest BCUT2D eigenvalue weighted by Crippen LogP contribution is 2.37. The first-order valence-corrected chi connectivity index (χ1v) is 7.01. The second-order valence-corrected chi connectivity index (χ2v) is 5.63. The van der Waals surface area contributed by atoms with Gasteiger partial charge in [0.05, 0.1) is 0 Å². The maximum atomic E-state index is 11.3. The highest BCUT2D eigenvalue weighted by atomic mass is 16.2. The Kier molecular flexibility index (Phi) is 3.19. The largest absolute Gasteiger partial charge is 0.351 e. The van der Waals surface area contributed by atoms with E-state index in [2.05, 4.69) is 29.2 Å². The summed E-state index contributed by atoms with van der Waals surface area (Å²) < 4.78 is 0. The molecule has 0 aromatic heterocycles. The van der Waals surface area contributed by atoms with Crippen LogP contribution in [0.1, 0.15) is 30.0 Å². The van der Waals surface area contributed by atoms with Crippen molar-refractivity contribution in [1.82, 2.24) is 9.80 Å². The normalized spacial score (nSPS) is 26.4. The van der Waals surface area contributed by atoms with Gasteiger partial charge in [0, 0.05) is 32.2 Å². The van der Waals surface area contributed by atoms with Crippen molar-refractivity contribution in [3.8, 4) is 0 Å². The summed E-state index contributed by atoms with van der Waals surface area (Å²) >= 11 is 0. The molecule has 1 fully saturated rings. The van der Waals surface area contributed by atoms with Crippen LogP contribution in [0.25, 0.3) is 0 Å².